The fourth-order valence-electron chi connectivity index (χ4n) is 3.95. The van der Waals surface area contributed by atoms with Gasteiger partial charge in [0.2, 0.25) is 0 Å². The van der Waals surface area contributed by atoms with E-state index in [1.54, 1.807) is 0 Å². The summed E-state index contributed by atoms with van der Waals surface area (Å²) >= 11 is 7.53. The smallest absolute Gasteiger partial charge is 0.252 e. The van der Waals surface area contributed by atoms with Gasteiger partial charge in [-0.1, -0.05) is 48.5 Å². The minimum atomic E-state index is -0.0474. The van der Waals surface area contributed by atoms with Crippen molar-refractivity contribution in [2.45, 2.75) is 42.7 Å². The summed E-state index contributed by atoms with van der Waals surface area (Å²) in [7, 11) is 0. The number of piperidine rings is 1. The third kappa shape index (κ3) is 5.59. The van der Waals surface area contributed by atoms with E-state index in [2.05, 4.69) is 24.1 Å². The number of amides is 1. The predicted molar refractivity (Wildman–Crippen MR) is 129 cm³/mol. The number of hydrogen-bond acceptors (Lipinski definition) is 4. The molecule has 1 amide bonds. The molecule has 0 bridgehead atoms. The van der Waals surface area contributed by atoms with Gasteiger partial charge in [0.05, 0.1) is 11.1 Å². The van der Waals surface area contributed by atoms with Crippen molar-refractivity contribution in [3.63, 3.8) is 0 Å². The van der Waals surface area contributed by atoms with E-state index in [9.17, 15) is 4.79 Å². The molecule has 2 heterocycles. The lowest BCUT2D eigenvalue weighted by Gasteiger charge is -2.35. The number of benzene rings is 2. The zero-order chi connectivity index (χ0) is 21.8. The Bertz CT molecular complexity index is 1050. The average molecular weight is 454 g/mol. The lowest BCUT2D eigenvalue weighted by Crippen LogP contribution is -2.45. The highest BCUT2D eigenvalue weighted by atomic mass is 35.5. The normalized spacial score (nSPS) is 16.4. The summed E-state index contributed by atoms with van der Waals surface area (Å²) in [6.07, 6.45) is 2.47. The van der Waals surface area contributed by atoms with Crippen LogP contribution in [-0.2, 0) is 0 Å². The van der Waals surface area contributed by atoms with Gasteiger partial charge < -0.3 is 5.32 Å². The number of hydrogen-bond donors (Lipinski definition) is 1. The zero-order valence-corrected chi connectivity index (χ0v) is 19.5. The Kier molecular flexibility index (Phi) is 7.16. The maximum atomic E-state index is 13.2. The van der Waals surface area contributed by atoms with Crippen molar-refractivity contribution in [1.29, 1.82) is 0 Å². The Balaban J connectivity index is 1.51. The first-order chi connectivity index (χ1) is 15.0. The molecule has 3 aromatic rings. The summed E-state index contributed by atoms with van der Waals surface area (Å²) in [6, 6.07) is 17.7. The SMILES string of the molecule is CC1CCN([C@@H](C)CNC(=O)c2cc(Sc3ccc(Cl)cc3)nc3ccccc23)CC1. The van der Waals surface area contributed by atoms with Gasteiger partial charge in [0.1, 0.15) is 5.03 Å². The number of para-hydroxylation sites is 1. The van der Waals surface area contributed by atoms with E-state index >= 15 is 0 Å². The minimum Gasteiger partial charge on any atom is -0.350 e. The zero-order valence-electron chi connectivity index (χ0n) is 18.0. The molecule has 0 radical (unpaired) electrons. The number of likely N-dealkylation sites (tertiary alicyclic amines) is 1. The van der Waals surface area contributed by atoms with Crippen LogP contribution in [0.1, 0.15) is 37.0 Å². The minimum absolute atomic E-state index is 0.0474. The van der Waals surface area contributed by atoms with Crippen molar-refractivity contribution in [2.24, 2.45) is 5.92 Å². The standard InChI is InChI=1S/C25H28ClN3OS/c1-17-11-13-29(14-12-17)18(2)16-27-25(30)22-15-24(28-23-6-4-3-5-21(22)23)31-20-9-7-19(26)8-10-20/h3-10,15,17-18H,11-14,16H2,1-2H3,(H,27,30)/t18-/m0/s1. The van der Waals surface area contributed by atoms with E-state index in [4.69, 9.17) is 16.6 Å². The molecule has 1 fully saturated rings. The average Bonchev–Trinajstić information content (AvgIpc) is 2.78. The van der Waals surface area contributed by atoms with Crippen LogP contribution < -0.4 is 5.32 Å². The van der Waals surface area contributed by atoms with Crippen LogP contribution in [0.25, 0.3) is 10.9 Å². The van der Waals surface area contributed by atoms with Crippen molar-refractivity contribution in [1.82, 2.24) is 15.2 Å². The van der Waals surface area contributed by atoms with Gasteiger partial charge in [-0.3, -0.25) is 9.69 Å². The molecule has 0 aliphatic carbocycles. The lowest BCUT2D eigenvalue weighted by atomic mass is 9.98. The molecule has 0 spiro atoms. The first kappa shape index (κ1) is 22.1. The number of pyridine rings is 1. The van der Waals surface area contributed by atoms with Crippen LogP contribution in [0.5, 0.6) is 0 Å². The molecule has 1 aliphatic rings. The number of carbonyl (C=O) groups excluding carboxylic acids is 1. The third-order valence-electron chi connectivity index (χ3n) is 5.97. The molecule has 162 valence electrons. The summed E-state index contributed by atoms with van der Waals surface area (Å²) in [5.74, 6) is 0.756. The van der Waals surface area contributed by atoms with Gasteiger partial charge in [-0.25, -0.2) is 4.98 Å². The number of aromatic nitrogens is 1. The second kappa shape index (κ2) is 10.0. The molecular weight excluding hydrogens is 426 g/mol. The Labute approximate surface area is 193 Å². The molecule has 0 saturated carbocycles. The molecule has 4 nitrogen and oxygen atoms in total. The van der Waals surface area contributed by atoms with E-state index < -0.39 is 0 Å². The van der Waals surface area contributed by atoms with Gasteiger partial charge >= 0.3 is 0 Å². The molecule has 2 aromatic carbocycles. The molecule has 31 heavy (non-hydrogen) atoms. The van der Waals surface area contributed by atoms with Crippen molar-refractivity contribution >= 4 is 40.2 Å². The monoisotopic (exact) mass is 453 g/mol. The van der Waals surface area contributed by atoms with E-state index in [1.807, 2.05) is 54.6 Å². The number of halogens is 1. The third-order valence-corrected chi connectivity index (χ3v) is 7.15. The number of carbonyl (C=O) groups is 1. The van der Waals surface area contributed by atoms with Gasteiger partial charge in [-0.05, 0) is 75.2 Å². The fourth-order valence-corrected chi connectivity index (χ4v) is 4.91. The molecule has 1 aromatic heterocycles. The Morgan fingerprint density at radius 1 is 1.19 bits per heavy atom. The van der Waals surface area contributed by atoms with Crippen molar-refractivity contribution in [2.75, 3.05) is 19.6 Å². The molecule has 4 rings (SSSR count). The van der Waals surface area contributed by atoms with Crippen LogP contribution in [0.15, 0.2) is 64.5 Å². The predicted octanol–water partition coefficient (Wildman–Crippen LogP) is 5.89. The molecule has 1 saturated heterocycles. The Morgan fingerprint density at radius 2 is 1.90 bits per heavy atom. The summed E-state index contributed by atoms with van der Waals surface area (Å²) in [4.78, 5) is 21.4. The summed E-state index contributed by atoms with van der Waals surface area (Å²) in [6.45, 7) is 7.38. The van der Waals surface area contributed by atoms with Crippen LogP contribution in [0, 0.1) is 5.92 Å². The number of nitrogens with one attached hydrogen (secondary N) is 1. The fraction of sp³-hybridized carbons (Fsp3) is 0.360. The van der Waals surface area contributed by atoms with Crippen LogP contribution >= 0.6 is 23.4 Å². The molecule has 1 N–H and O–H groups in total. The van der Waals surface area contributed by atoms with Gasteiger partial charge in [0.25, 0.3) is 5.91 Å². The lowest BCUT2D eigenvalue weighted by molar-refractivity contribution is 0.0923. The number of rotatable bonds is 6. The Morgan fingerprint density at radius 3 is 2.65 bits per heavy atom. The second-order valence-electron chi connectivity index (χ2n) is 8.36. The van der Waals surface area contributed by atoms with E-state index in [-0.39, 0.29) is 5.91 Å². The quantitative estimate of drug-likeness (QED) is 0.505. The van der Waals surface area contributed by atoms with Crippen molar-refractivity contribution < 1.29 is 4.79 Å². The van der Waals surface area contributed by atoms with Crippen LogP contribution in [0.4, 0.5) is 0 Å². The van der Waals surface area contributed by atoms with Crippen LogP contribution in [-0.4, -0.2) is 41.5 Å². The molecule has 6 heteroatoms. The van der Waals surface area contributed by atoms with Gasteiger partial charge in [0.15, 0.2) is 0 Å². The van der Waals surface area contributed by atoms with Gasteiger partial charge in [0, 0.05) is 27.9 Å². The van der Waals surface area contributed by atoms with E-state index in [0.717, 1.165) is 39.8 Å². The highest BCUT2D eigenvalue weighted by Crippen LogP contribution is 2.30. The summed E-state index contributed by atoms with van der Waals surface area (Å²) < 4.78 is 0. The summed E-state index contributed by atoms with van der Waals surface area (Å²) in [5.41, 5.74) is 1.49. The maximum Gasteiger partial charge on any atom is 0.252 e. The maximum absolute atomic E-state index is 13.2. The molecule has 1 aliphatic heterocycles. The first-order valence-electron chi connectivity index (χ1n) is 10.8. The van der Waals surface area contributed by atoms with E-state index in [0.29, 0.717) is 23.2 Å². The first-order valence-corrected chi connectivity index (χ1v) is 12.0. The molecule has 1 atom stereocenters. The second-order valence-corrected chi connectivity index (χ2v) is 9.89. The summed E-state index contributed by atoms with van der Waals surface area (Å²) in [5, 5.41) is 5.54. The van der Waals surface area contributed by atoms with Crippen LogP contribution in [0.3, 0.4) is 0 Å². The largest absolute Gasteiger partial charge is 0.350 e. The van der Waals surface area contributed by atoms with Gasteiger partial charge in [-0.2, -0.15) is 0 Å². The Hall–Kier alpha value is -2.08. The topological polar surface area (TPSA) is 45.2 Å². The highest BCUT2D eigenvalue weighted by Gasteiger charge is 2.21. The van der Waals surface area contributed by atoms with E-state index in [1.165, 1.54) is 24.6 Å². The van der Waals surface area contributed by atoms with Gasteiger partial charge in [-0.15, -0.1) is 0 Å². The highest BCUT2D eigenvalue weighted by molar-refractivity contribution is 7.99. The van der Waals surface area contributed by atoms with Crippen LogP contribution in [0.2, 0.25) is 5.02 Å². The van der Waals surface area contributed by atoms with Crippen molar-refractivity contribution in [3.05, 3.63) is 65.2 Å². The van der Waals surface area contributed by atoms with Crippen molar-refractivity contribution in [3.8, 4) is 0 Å². The molecule has 0 unspecified atom stereocenters. The number of fused-ring (bicyclic) bond motifs is 1. The number of nitrogens with zero attached hydrogens (tertiary/aromatic N) is 2. The molecular formula is C25H28ClN3OS.